The van der Waals surface area contributed by atoms with Crippen molar-refractivity contribution in [1.29, 1.82) is 0 Å². The summed E-state index contributed by atoms with van der Waals surface area (Å²) in [5.41, 5.74) is -2.57. The van der Waals surface area contributed by atoms with Crippen molar-refractivity contribution in [3.05, 3.63) is 271 Å². The highest BCUT2D eigenvalue weighted by molar-refractivity contribution is 7.96. The SMILES string of the molecule is O=C(C[P+](c1ccccc1)(c1ccccc1)c1ccccc1)c1ccccc1O.O=C(C[P+](c1ccccc1)(c1ccccc1)c1ccccc1)c1ccccc1O.[O-]B([O-])Oc1cc(C(F)(F)F)cc(C(F)(F)F)c1. The number of hydrogen-bond acceptors (Lipinski definition) is 7. The van der Waals surface area contributed by atoms with E-state index in [1.54, 1.807) is 48.5 Å². The predicted molar refractivity (Wildman–Crippen MR) is 288 cm³/mol. The van der Waals surface area contributed by atoms with Crippen LogP contribution >= 0.6 is 14.5 Å². The van der Waals surface area contributed by atoms with Crippen LogP contribution in [0.5, 0.6) is 17.2 Å². The van der Waals surface area contributed by atoms with Crippen molar-refractivity contribution in [2.24, 2.45) is 0 Å². The lowest BCUT2D eigenvalue weighted by atomic mass is 10.1. The number of hydrogen-bond donors (Lipinski definition) is 2. The van der Waals surface area contributed by atoms with Crippen LogP contribution in [0.3, 0.4) is 0 Å². The molecule has 0 fully saturated rings. The number of benzene rings is 9. The maximum atomic E-state index is 13.5. The second-order valence-corrected chi connectivity index (χ2v) is 23.9. The number of phenols is 2. The van der Waals surface area contributed by atoms with E-state index in [0.717, 1.165) is 31.8 Å². The molecule has 0 saturated heterocycles. The molecule has 0 atom stereocenters. The first-order valence-corrected chi connectivity index (χ1v) is 27.4. The minimum atomic E-state index is -5.05. The first-order chi connectivity index (χ1) is 36.4. The molecule has 0 aromatic heterocycles. The summed E-state index contributed by atoms with van der Waals surface area (Å²) >= 11 is 0. The summed E-state index contributed by atoms with van der Waals surface area (Å²) in [4.78, 5) is 26.9. The van der Waals surface area contributed by atoms with Gasteiger partial charge >= 0.3 is 12.4 Å². The molecule has 0 spiro atoms. The van der Waals surface area contributed by atoms with Crippen LogP contribution in [0.1, 0.15) is 31.8 Å². The minimum Gasteiger partial charge on any atom is -0.860 e. The average molecular weight is 1070 g/mol. The van der Waals surface area contributed by atoms with Crippen LogP contribution in [0.25, 0.3) is 0 Å². The van der Waals surface area contributed by atoms with Crippen LogP contribution in [0.15, 0.2) is 249 Å². The lowest BCUT2D eigenvalue weighted by Gasteiger charge is -2.27. The van der Waals surface area contributed by atoms with Crippen LogP contribution in [0.2, 0.25) is 0 Å². The maximum Gasteiger partial charge on any atom is 0.416 e. The number of carbonyl (C=O) groups excluding carboxylic acids is 2. The Bertz CT molecular complexity index is 2900. The number of alkyl halides is 6. The van der Waals surface area contributed by atoms with Crippen LogP contribution < -0.4 is 46.5 Å². The molecule has 9 aromatic carbocycles. The topological polar surface area (TPSA) is 130 Å². The van der Waals surface area contributed by atoms with Gasteiger partial charge in [0.15, 0.2) is 0 Å². The summed E-state index contributed by atoms with van der Waals surface area (Å²) < 4.78 is 77.5. The van der Waals surface area contributed by atoms with Gasteiger partial charge in [0.25, 0.3) is 0 Å². The van der Waals surface area contributed by atoms with E-state index >= 15 is 0 Å². The Hall–Kier alpha value is -7.86. The third-order valence-corrected chi connectivity index (χ3v) is 20.7. The average Bonchev–Trinajstić information content (AvgIpc) is 3.43. The Labute approximate surface area is 437 Å². The fourth-order valence-corrected chi connectivity index (χ4v) is 16.8. The molecule has 0 unspecified atom stereocenters. The molecule has 9 rings (SSSR count). The number of ketones is 2. The van der Waals surface area contributed by atoms with Gasteiger partial charge in [-0.3, -0.25) is 9.59 Å². The van der Waals surface area contributed by atoms with E-state index in [0.29, 0.717) is 23.5 Å². The zero-order chi connectivity index (χ0) is 54.4. The van der Waals surface area contributed by atoms with Gasteiger partial charge in [-0.2, -0.15) is 26.3 Å². The summed E-state index contributed by atoms with van der Waals surface area (Å²) in [6, 6.07) is 75.5. The molecule has 16 heteroatoms. The molecule has 0 radical (unpaired) electrons. The number of aromatic hydroxyl groups is 2. The molecular weight excluding hydrogens is 1020 g/mol. The molecule has 76 heavy (non-hydrogen) atoms. The van der Waals surface area contributed by atoms with Gasteiger partial charge in [0.2, 0.25) is 11.6 Å². The summed E-state index contributed by atoms with van der Waals surface area (Å²) in [6.07, 6.45) is -9.47. The first-order valence-electron chi connectivity index (χ1n) is 23.4. The number of carbonyl (C=O) groups is 2. The zero-order valence-electron chi connectivity index (χ0n) is 40.3. The van der Waals surface area contributed by atoms with Crippen molar-refractivity contribution < 1.29 is 60.8 Å². The third kappa shape index (κ3) is 13.5. The van der Waals surface area contributed by atoms with E-state index in [1.165, 1.54) is 0 Å². The van der Waals surface area contributed by atoms with Crippen LogP contribution in [-0.4, -0.2) is 41.4 Å². The normalized spacial score (nSPS) is 11.5. The smallest absolute Gasteiger partial charge is 0.416 e. The Morgan fingerprint density at radius 1 is 0.395 bits per heavy atom. The van der Waals surface area contributed by atoms with Gasteiger partial charge < -0.3 is 24.9 Å². The quantitative estimate of drug-likeness (QED) is 0.0480. The molecular formula is C60H47BF6O7P2. The van der Waals surface area contributed by atoms with E-state index in [1.807, 2.05) is 109 Å². The Morgan fingerprint density at radius 3 is 0.855 bits per heavy atom. The first kappa shape index (κ1) is 55.9. The highest BCUT2D eigenvalue weighted by Crippen LogP contribution is 2.57. The van der Waals surface area contributed by atoms with Gasteiger partial charge in [-0.1, -0.05) is 133 Å². The molecule has 0 saturated carbocycles. The van der Waals surface area contributed by atoms with Gasteiger partial charge in [0.05, 0.1) is 28.0 Å². The van der Waals surface area contributed by atoms with Crippen LogP contribution in [-0.2, 0) is 12.4 Å². The molecule has 0 amide bonds. The van der Waals surface area contributed by atoms with E-state index in [-0.39, 0.29) is 41.3 Å². The molecule has 0 aliphatic heterocycles. The number of rotatable bonds is 14. The lowest BCUT2D eigenvalue weighted by Crippen LogP contribution is -2.50. The van der Waals surface area contributed by atoms with Crippen molar-refractivity contribution in [3.8, 4) is 17.2 Å². The second kappa shape index (κ2) is 25.1. The van der Waals surface area contributed by atoms with Gasteiger partial charge in [0.1, 0.15) is 77.5 Å². The van der Waals surface area contributed by atoms with Crippen molar-refractivity contribution in [2.45, 2.75) is 12.4 Å². The van der Waals surface area contributed by atoms with Gasteiger partial charge in [-0.05, 0) is 115 Å². The zero-order valence-corrected chi connectivity index (χ0v) is 42.0. The highest BCUT2D eigenvalue weighted by Gasteiger charge is 2.49. The second-order valence-electron chi connectivity index (χ2n) is 17.0. The third-order valence-electron chi connectivity index (χ3n) is 12.1. The molecule has 9 aromatic rings. The number of Topliss-reactive ketones (excluding diaryl/α,β-unsaturated/α-hetero) is 2. The highest BCUT2D eigenvalue weighted by atomic mass is 31.2. The largest absolute Gasteiger partial charge is 0.860 e. The molecule has 2 N–H and O–H groups in total. The Kier molecular flexibility index (Phi) is 18.5. The number of phenolic OH excluding ortho intramolecular Hbond substituents is 2. The molecule has 0 aliphatic rings. The van der Waals surface area contributed by atoms with E-state index in [2.05, 4.69) is 77.5 Å². The molecule has 7 nitrogen and oxygen atoms in total. The van der Waals surface area contributed by atoms with Crippen molar-refractivity contribution >= 4 is 65.2 Å². The molecule has 0 bridgehead atoms. The number of para-hydroxylation sites is 2. The summed E-state index contributed by atoms with van der Waals surface area (Å²) in [7, 11) is -7.53. The monoisotopic (exact) mass is 1070 g/mol. The Balaban J connectivity index is 0.000000171. The Morgan fingerprint density at radius 2 is 0.632 bits per heavy atom. The van der Waals surface area contributed by atoms with Crippen LogP contribution in [0.4, 0.5) is 26.3 Å². The summed E-state index contributed by atoms with van der Waals surface area (Å²) in [5.74, 6) is -1.11. The van der Waals surface area contributed by atoms with Crippen molar-refractivity contribution in [2.75, 3.05) is 12.3 Å². The standard InChI is InChI=1S/2C26H21O2P.C8H3BF6O3/c2*27-25-19-11-10-18-24(25)26(28)20-29(21-12-4-1-5-13-21,22-14-6-2-7-15-22)23-16-8-3-9-17-23;10-7(11,12)4-1-5(8(13,14)15)3-6(2-4)18-9(16)17/h2*1-19H,20H2;1-3H/q;;-2/p+2. The molecule has 384 valence electrons. The predicted octanol–water partition coefficient (Wildman–Crippen LogP) is 9.95. The van der Waals surface area contributed by atoms with E-state index in [4.69, 9.17) is 0 Å². The summed E-state index contributed by atoms with van der Waals surface area (Å²) in [6.45, 7) is 0. The van der Waals surface area contributed by atoms with Gasteiger partial charge in [-0.15, -0.1) is 0 Å². The molecule has 0 aliphatic carbocycles. The fourth-order valence-electron chi connectivity index (χ4n) is 8.66. The maximum absolute atomic E-state index is 13.5. The fraction of sp³-hybridized carbons (Fsp3) is 0.0667. The molecule has 0 heterocycles. The summed E-state index contributed by atoms with van der Waals surface area (Å²) in [5, 5.41) is 47.6. The van der Waals surface area contributed by atoms with Crippen LogP contribution in [0, 0.1) is 0 Å². The van der Waals surface area contributed by atoms with E-state index < -0.39 is 51.1 Å². The van der Waals surface area contributed by atoms with Crippen molar-refractivity contribution in [3.63, 3.8) is 0 Å². The lowest BCUT2D eigenvalue weighted by molar-refractivity contribution is -0.372. The minimum absolute atomic E-state index is 0.0322. The van der Waals surface area contributed by atoms with Crippen molar-refractivity contribution in [1.82, 2.24) is 0 Å². The van der Waals surface area contributed by atoms with Gasteiger partial charge in [0, 0.05) is 0 Å². The van der Waals surface area contributed by atoms with Gasteiger partial charge in [-0.25, -0.2) is 0 Å². The van der Waals surface area contributed by atoms with E-state index in [9.17, 15) is 56.2 Å². The number of halogens is 6.